The molecule has 27 heavy (non-hydrogen) atoms. The number of carbonyl (C=O) groups excluding carboxylic acids is 2. The van der Waals surface area contributed by atoms with Crippen molar-refractivity contribution in [3.8, 4) is 0 Å². The Balaban J connectivity index is 1.38. The Morgan fingerprint density at radius 3 is 2.85 bits per heavy atom. The molecule has 2 aromatic rings. The summed E-state index contributed by atoms with van der Waals surface area (Å²) in [5.74, 6) is 0.794. The van der Waals surface area contributed by atoms with Gasteiger partial charge >= 0.3 is 0 Å². The van der Waals surface area contributed by atoms with Crippen molar-refractivity contribution in [3.05, 3.63) is 46.0 Å². The fourth-order valence-electron chi connectivity index (χ4n) is 3.73. The summed E-state index contributed by atoms with van der Waals surface area (Å²) in [6.45, 7) is 5.10. The predicted molar refractivity (Wildman–Crippen MR) is 102 cm³/mol. The van der Waals surface area contributed by atoms with E-state index in [0.717, 1.165) is 49.8 Å². The van der Waals surface area contributed by atoms with Gasteiger partial charge in [0, 0.05) is 32.1 Å². The molecular weight excluding hydrogens is 364 g/mol. The molecule has 1 atom stereocenters. The normalized spacial score (nSPS) is 21.3. The van der Waals surface area contributed by atoms with Crippen LogP contribution in [0.4, 0.5) is 0 Å². The summed E-state index contributed by atoms with van der Waals surface area (Å²) >= 11 is 1.47. The Morgan fingerprint density at radius 2 is 2.07 bits per heavy atom. The van der Waals surface area contributed by atoms with Gasteiger partial charge in [-0.3, -0.25) is 14.5 Å². The number of rotatable bonds is 5. The van der Waals surface area contributed by atoms with Crippen LogP contribution < -0.4 is 0 Å². The Hall–Kier alpha value is -1.96. The van der Waals surface area contributed by atoms with Crippen LogP contribution in [0.15, 0.2) is 34.3 Å². The lowest BCUT2D eigenvalue weighted by Crippen LogP contribution is -2.42. The van der Waals surface area contributed by atoms with Gasteiger partial charge in [-0.1, -0.05) is 6.07 Å². The van der Waals surface area contributed by atoms with Crippen molar-refractivity contribution in [2.75, 3.05) is 39.4 Å². The van der Waals surface area contributed by atoms with Crippen LogP contribution in [0, 0.1) is 5.92 Å². The van der Waals surface area contributed by atoms with Crippen LogP contribution >= 0.6 is 11.3 Å². The molecule has 0 N–H and O–H groups in total. The van der Waals surface area contributed by atoms with Crippen molar-refractivity contribution in [1.82, 2.24) is 9.80 Å². The number of ketones is 1. The standard InChI is InChI=1S/C20H24N2O4S/c23-19(18-4-2-10-27-18)15-3-1-5-22(12-15)20(24)16-11-17(26-14-16)13-21-6-8-25-9-7-21/h2,4,10-11,14-15H,1,3,5-9,12-13H2. The number of ether oxygens (including phenoxy) is 1. The molecule has 0 bridgehead atoms. The second-order valence-electron chi connectivity index (χ2n) is 7.12. The summed E-state index contributed by atoms with van der Waals surface area (Å²) in [4.78, 5) is 30.3. The van der Waals surface area contributed by atoms with Gasteiger partial charge in [0.2, 0.25) is 0 Å². The summed E-state index contributed by atoms with van der Waals surface area (Å²) in [6, 6.07) is 5.59. The summed E-state index contributed by atoms with van der Waals surface area (Å²) < 4.78 is 11.0. The summed E-state index contributed by atoms with van der Waals surface area (Å²) in [5.41, 5.74) is 0.572. The van der Waals surface area contributed by atoms with E-state index in [9.17, 15) is 9.59 Å². The maximum absolute atomic E-state index is 12.9. The molecule has 0 saturated carbocycles. The van der Waals surface area contributed by atoms with Crippen molar-refractivity contribution < 1.29 is 18.7 Å². The van der Waals surface area contributed by atoms with Gasteiger partial charge in [0.25, 0.3) is 5.91 Å². The van der Waals surface area contributed by atoms with Gasteiger partial charge in [-0.25, -0.2) is 0 Å². The smallest absolute Gasteiger partial charge is 0.257 e. The maximum atomic E-state index is 12.9. The first-order valence-corrected chi connectivity index (χ1v) is 10.3. The van der Waals surface area contributed by atoms with E-state index in [1.165, 1.54) is 11.3 Å². The highest BCUT2D eigenvalue weighted by Gasteiger charge is 2.30. The average Bonchev–Trinajstić information content (AvgIpc) is 3.40. The first kappa shape index (κ1) is 18.4. The molecule has 0 radical (unpaired) electrons. The monoisotopic (exact) mass is 388 g/mol. The number of likely N-dealkylation sites (tertiary alicyclic amines) is 1. The Bertz CT molecular complexity index is 780. The largest absolute Gasteiger partial charge is 0.467 e. The SMILES string of the molecule is O=C(c1cccs1)C1CCCN(C(=O)c2coc(CN3CCOCC3)c2)C1. The second kappa shape index (κ2) is 8.37. The highest BCUT2D eigenvalue weighted by molar-refractivity contribution is 7.12. The number of thiophene rings is 1. The highest BCUT2D eigenvalue weighted by Crippen LogP contribution is 2.25. The number of hydrogen-bond acceptors (Lipinski definition) is 6. The number of hydrogen-bond donors (Lipinski definition) is 0. The van der Waals surface area contributed by atoms with Gasteiger partial charge in [-0.2, -0.15) is 0 Å². The van der Waals surface area contributed by atoms with Crippen LogP contribution in [0.2, 0.25) is 0 Å². The molecule has 4 rings (SSSR count). The average molecular weight is 388 g/mol. The number of carbonyl (C=O) groups is 2. The molecule has 4 heterocycles. The summed E-state index contributed by atoms with van der Waals surface area (Å²) in [7, 11) is 0. The van der Waals surface area contributed by atoms with Gasteiger partial charge < -0.3 is 14.1 Å². The van der Waals surface area contributed by atoms with Crippen LogP contribution in [-0.4, -0.2) is 60.9 Å². The number of furan rings is 1. The maximum Gasteiger partial charge on any atom is 0.257 e. The fourth-order valence-corrected chi connectivity index (χ4v) is 4.48. The lowest BCUT2D eigenvalue weighted by molar-refractivity contribution is 0.0313. The zero-order valence-corrected chi connectivity index (χ0v) is 16.1. The molecule has 2 aliphatic heterocycles. The van der Waals surface area contributed by atoms with E-state index in [-0.39, 0.29) is 17.6 Å². The van der Waals surface area contributed by atoms with Crippen LogP contribution in [0.1, 0.15) is 38.6 Å². The zero-order valence-electron chi connectivity index (χ0n) is 15.3. The Morgan fingerprint density at radius 1 is 1.22 bits per heavy atom. The van der Waals surface area contributed by atoms with E-state index in [1.54, 1.807) is 11.2 Å². The summed E-state index contributed by atoms with van der Waals surface area (Å²) in [5, 5.41) is 1.92. The minimum Gasteiger partial charge on any atom is -0.467 e. The van der Waals surface area contributed by atoms with Crippen LogP contribution in [-0.2, 0) is 11.3 Å². The highest BCUT2D eigenvalue weighted by atomic mass is 32.1. The van der Waals surface area contributed by atoms with Gasteiger partial charge in [0.1, 0.15) is 12.0 Å². The molecule has 1 amide bonds. The molecule has 2 aromatic heterocycles. The van der Waals surface area contributed by atoms with Gasteiger partial charge in [0.15, 0.2) is 5.78 Å². The third-order valence-corrected chi connectivity index (χ3v) is 6.11. The second-order valence-corrected chi connectivity index (χ2v) is 8.07. The van der Waals surface area contributed by atoms with E-state index in [2.05, 4.69) is 4.90 Å². The van der Waals surface area contributed by atoms with E-state index < -0.39 is 0 Å². The zero-order chi connectivity index (χ0) is 18.6. The molecule has 2 saturated heterocycles. The lowest BCUT2D eigenvalue weighted by Gasteiger charge is -2.31. The molecule has 6 nitrogen and oxygen atoms in total. The molecule has 2 fully saturated rings. The van der Waals surface area contributed by atoms with Crippen LogP contribution in [0.3, 0.4) is 0 Å². The molecule has 1 unspecified atom stereocenters. The molecular formula is C20H24N2O4S. The Kier molecular flexibility index (Phi) is 5.71. The quantitative estimate of drug-likeness (QED) is 0.737. The molecule has 144 valence electrons. The predicted octanol–water partition coefficient (Wildman–Crippen LogP) is 2.91. The number of amides is 1. The van der Waals surface area contributed by atoms with Crippen molar-refractivity contribution in [2.24, 2.45) is 5.92 Å². The number of nitrogens with zero attached hydrogens (tertiary/aromatic N) is 2. The van der Waals surface area contributed by atoms with Crippen molar-refractivity contribution >= 4 is 23.0 Å². The number of piperidine rings is 1. The third-order valence-electron chi connectivity index (χ3n) is 5.23. The van der Waals surface area contributed by atoms with Crippen molar-refractivity contribution in [3.63, 3.8) is 0 Å². The van der Waals surface area contributed by atoms with Crippen LogP contribution in [0.5, 0.6) is 0 Å². The summed E-state index contributed by atoms with van der Waals surface area (Å²) in [6.07, 6.45) is 3.24. The number of Topliss-reactive ketones (excluding diaryl/α,β-unsaturated/α-hetero) is 1. The van der Waals surface area contributed by atoms with Crippen molar-refractivity contribution in [1.29, 1.82) is 0 Å². The van der Waals surface area contributed by atoms with E-state index >= 15 is 0 Å². The minimum absolute atomic E-state index is 0.0457. The fraction of sp³-hybridized carbons (Fsp3) is 0.500. The van der Waals surface area contributed by atoms with E-state index in [0.29, 0.717) is 25.2 Å². The van der Waals surface area contributed by atoms with E-state index in [4.69, 9.17) is 9.15 Å². The van der Waals surface area contributed by atoms with Crippen LogP contribution in [0.25, 0.3) is 0 Å². The first-order valence-electron chi connectivity index (χ1n) is 9.45. The molecule has 2 aliphatic rings. The number of morpholine rings is 1. The molecule has 7 heteroatoms. The van der Waals surface area contributed by atoms with Gasteiger partial charge in [0.05, 0.1) is 30.2 Å². The lowest BCUT2D eigenvalue weighted by atomic mass is 9.92. The third kappa shape index (κ3) is 4.31. The molecule has 0 aliphatic carbocycles. The first-order chi connectivity index (χ1) is 13.2. The topological polar surface area (TPSA) is 63.0 Å². The Labute approximate surface area is 162 Å². The van der Waals surface area contributed by atoms with E-state index in [1.807, 2.05) is 23.6 Å². The molecule has 0 spiro atoms. The van der Waals surface area contributed by atoms with Crippen molar-refractivity contribution in [2.45, 2.75) is 19.4 Å². The molecule has 0 aromatic carbocycles. The van der Waals surface area contributed by atoms with Gasteiger partial charge in [-0.15, -0.1) is 11.3 Å². The minimum atomic E-state index is -0.110. The van der Waals surface area contributed by atoms with Gasteiger partial charge in [-0.05, 0) is 30.4 Å².